The number of rotatable bonds is 6. The summed E-state index contributed by atoms with van der Waals surface area (Å²) in [6, 6.07) is 12.3. The van der Waals surface area contributed by atoms with Gasteiger partial charge >= 0.3 is 0 Å². The Hall–Kier alpha value is -3.42. The van der Waals surface area contributed by atoms with E-state index >= 15 is 0 Å². The van der Waals surface area contributed by atoms with Crippen LogP contribution in [-0.4, -0.2) is 42.3 Å². The van der Waals surface area contributed by atoms with Crippen LogP contribution < -0.4 is 15.4 Å². The first-order chi connectivity index (χ1) is 13.5. The van der Waals surface area contributed by atoms with E-state index < -0.39 is 17.8 Å². The van der Waals surface area contributed by atoms with E-state index in [0.717, 1.165) is 5.56 Å². The van der Waals surface area contributed by atoms with Crippen LogP contribution in [-0.2, 0) is 20.9 Å². The van der Waals surface area contributed by atoms with E-state index in [2.05, 4.69) is 10.6 Å². The van der Waals surface area contributed by atoms with Crippen LogP contribution in [0, 0.1) is 5.82 Å². The van der Waals surface area contributed by atoms with Crippen molar-refractivity contribution in [2.45, 2.75) is 19.0 Å². The lowest BCUT2D eigenvalue weighted by atomic mass is 10.1. The van der Waals surface area contributed by atoms with Gasteiger partial charge in [0.05, 0.1) is 20.1 Å². The van der Waals surface area contributed by atoms with Crippen LogP contribution >= 0.6 is 0 Å². The number of carbonyl (C=O) groups excluding carboxylic acids is 3. The molecule has 2 N–H and O–H groups in total. The average molecular weight is 385 g/mol. The average Bonchev–Trinajstić information content (AvgIpc) is 2.67. The molecule has 0 spiro atoms. The molecule has 1 atom stereocenters. The number of amides is 3. The molecule has 1 aliphatic rings. The third kappa shape index (κ3) is 4.64. The van der Waals surface area contributed by atoms with E-state index in [0.29, 0.717) is 12.2 Å². The molecular weight excluding hydrogens is 365 g/mol. The van der Waals surface area contributed by atoms with Crippen molar-refractivity contribution in [3.05, 3.63) is 59.9 Å². The van der Waals surface area contributed by atoms with E-state index in [-0.39, 0.29) is 30.5 Å². The summed E-state index contributed by atoms with van der Waals surface area (Å²) in [5.74, 6) is -1.68. The van der Waals surface area contributed by atoms with Gasteiger partial charge in [-0.25, -0.2) is 4.39 Å². The molecule has 0 radical (unpaired) electrons. The number of benzene rings is 2. The zero-order valence-corrected chi connectivity index (χ0v) is 15.3. The highest BCUT2D eigenvalue weighted by molar-refractivity contribution is 6.00. The minimum atomic E-state index is -0.952. The highest BCUT2D eigenvalue weighted by atomic mass is 19.1. The van der Waals surface area contributed by atoms with Crippen molar-refractivity contribution in [1.29, 1.82) is 0 Å². The number of carbonyl (C=O) groups is 3. The quantitative estimate of drug-likeness (QED) is 0.792. The topological polar surface area (TPSA) is 87.7 Å². The Kier molecular flexibility index (Phi) is 5.88. The second kappa shape index (κ2) is 8.51. The summed E-state index contributed by atoms with van der Waals surface area (Å²) in [6.07, 6.45) is -0.227. The summed E-state index contributed by atoms with van der Waals surface area (Å²) < 4.78 is 18.3. The monoisotopic (exact) mass is 385 g/mol. The molecule has 1 heterocycles. The lowest BCUT2D eigenvalue weighted by molar-refractivity contribution is -0.145. The Bertz CT molecular complexity index is 888. The third-order valence-corrected chi connectivity index (χ3v) is 4.32. The van der Waals surface area contributed by atoms with E-state index in [9.17, 15) is 18.8 Å². The Morgan fingerprint density at radius 3 is 2.71 bits per heavy atom. The molecule has 1 aliphatic heterocycles. The van der Waals surface area contributed by atoms with Crippen LogP contribution in [0.1, 0.15) is 12.0 Å². The minimum absolute atomic E-state index is 0.00567. The number of halogens is 1. The van der Waals surface area contributed by atoms with Gasteiger partial charge < -0.3 is 20.3 Å². The first kappa shape index (κ1) is 19.3. The maximum absolute atomic E-state index is 13.5. The van der Waals surface area contributed by atoms with Gasteiger partial charge in [-0.1, -0.05) is 30.3 Å². The molecular formula is C20H20FN3O4. The number of hydrogen-bond donors (Lipinski definition) is 2. The van der Waals surface area contributed by atoms with Crippen LogP contribution in [0.15, 0.2) is 48.5 Å². The van der Waals surface area contributed by atoms with Gasteiger partial charge in [0, 0.05) is 18.3 Å². The van der Waals surface area contributed by atoms with Crippen molar-refractivity contribution < 1.29 is 23.5 Å². The molecule has 8 heteroatoms. The normalized spacial score (nSPS) is 16.5. The highest BCUT2D eigenvalue weighted by Crippen LogP contribution is 2.22. The van der Waals surface area contributed by atoms with Gasteiger partial charge in [-0.2, -0.15) is 0 Å². The first-order valence-corrected chi connectivity index (χ1v) is 8.71. The summed E-state index contributed by atoms with van der Waals surface area (Å²) in [5.41, 5.74) is 1.23. The number of piperazine rings is 1. The predicted molar refractivity (Wildman–Crippen MR) is 100.0 cm³/mol. The molecule has 3 amide bonds. The van der Waals surface area contributed by atoms with E-state index in [1.54, 1.807) is 0 Å². The molecule has 0 aliphatic carbocycles. The number of methoxy groups -OCH3 is 1. The molecule has 0 saturated carbocycles. The van der Waals surface area contributed by atoms with Crippen molar-refractivity contribution in [2.75, 3.05) is 19.0 Å². The third-order valence-electron chi connectivity index (χ3n) is 4.32. The Labute approximate surface area is 161 Å². The first-order valence-electron chi connectivity index (χ1n) is 8.71. The fraction of sp³-hybridized carbons (Fsp3) is 0.250. The predicted octanol–water partition coefficient (Wildman–Crippen LogP) is 1.69. The Balaban J connectivity index is 1.64. The van der Waals surface area contributed by atoms with Gasteiger partial charge in [0.1, 0.15) is 6.04 Å². The molecule has 28 heavy (non-hydrogen) atoms. The largest absolute Gasteiger partial charge is 0.494 e. The summed E-state index contributed by atoms with van der Waals surface area (Å²) in [5, 5.41) is 5.14. The summed E-state index contributed by atoms with van der Waals surface area (Å²) >= 11 is 0. The second-order valence-electron chi connectivity index (χ2n) is 6.40. The molecule has 2 aromatic carbocycles. The smallest absolute Gasteiger partial charge is 0.246 e. The van der Waals surface area contributed by atoms with Crippen LogP contribution in [0.2, 0.25) is 0 Å². The number of hydrogen-bond acceptors (Lipinski definition) is 4. The maximum atomic E-state index is 13.5. The van der Waals surface area contributed by atoms with Crippen LogP contribution in [0.3, 0.4) is 0 Å². The van der Waals surface area contributed by atoms with Crippen molar-refractivity contribution in [2.24, 2.45) is 0 Å². The van der Waals surface area contributed by atoms with E-state index in [4.69, 9.17) is 4.74 Å². The Morgan fingerprint density at radius 2 is 2.00 bits per heavy atom. The van der Waals surface area contributed by atoms with Crippen molar-refractivity contribution in [1.82, 2.24) is 10.2 Å². The van der Waals surface area contributed by atoms with Crippen LogP contribution in [0.4, 0.5) is 10.1 Å². The fourth-order valence-electron chi connectivity index (χ4n) is 2.98. The van der Waals surface area contributed by atoms with Gasteiger partial charge in [-0.15, -0.1) is 0 Å². The van der Waals surface area contributed by atoms with Crippen LogP contribution in [0.5, 0.6) is 5.75 Å². The van der Waals surface area contributed by atoms with Crippen molar-refractivity contribution in [3.63, 3.8) is 0 Å². The number of nitrogens with one attached hydrogen (secondary N) is 2. The number of anilines is 1. The summed E-state index contributed by atoms with van der Waals surface area (Å²) in [4.78, 5) is 38.4. The molecule has 146 valence electrons. The molecule has 7 nitrogen and oxygen atoms in total. The number of nitrogens with zero attached hydrogens (tertiary/aromatic N) is 1. The highest BCUT2D eigenvalue weighted by Gasteiger charge is 2.34. The van der Waals surface area contributed by atoms with Gasteiger partial charge in [-0.05, 0) is 17.7 Å². The van der Waals surface area contributed by atoms with E-state index in [1.807, 2.05) is 30.3 Å². The van der Waals surface area contributed by atoms with Gasteiger partial charge in [0.2, 0.25) is 17.7 Å². The molecule has 1 fully saturated rings. The molecule has 3 rings (SSSR count). The standard InChI is InChI=1S/C20H20FN3O4/c1-28-17-9-14(7-8-15(17)21)22-18(25)10-16-20(27)24(12-19(26)23-16)11-13-5-3-2-4-6-13/h2-9,16H,10-12H2,1H3,(H,22,25)(H,23,26). The zero-order chi connectivity index (χ0) is 20.1. The second-order valence-corrected chi connectivity index (χ2v) is 6.40. The van der Waals surface area contributed by atoms with Crippen molar-refractivity contribution in [3.8, 4) is 5.75 Å². The van der Waals surface area contributed by atoms with E-state index in [1.165, 1.54) is 30.2 Å². The van der Waals surface area contributed by atoms with Gasteiger partial charge in [-0.3, -0.25) is 14.4 Å². The summed E-state index contributed by atoms with van der Waals surface area (Å²) in [7, 11) is 1.32. The molecule has 1 unspecified atom stereocenters. The minimum Gasteiger partial charge on any atom is -0.494 e. The molecule has 0 bridgehead atoms. The Morgan fingerprint density at radius 1 is 1.25 bits per heavy atom. The van der Waals surface area contributed by atoms with Crippen LogP contribution in [0.25, 0.3) is 0 Å². The molecule has 1 saturated heterocycles. The lowest BCUT2D eigenvalue weighted by Gasteiger charge is -2.32. The van der Waals surface area contributed by atoms with Crippen molar-refractivity contribution >= 4 is 23.4 Å². The zero-order valence-electron chi connectivity index (χ0n) is 15.3. The summed E-state index contributed by atoms with van der Waals surface area (Å²) in [6.45, 7) is 0.237. The van der Waals surface area contributed by atoms with Gasteiger partial charge in [0.25, 0.3) is 0 Å². The fourth-order valence-corrected chi connectivity index (χ4v) is 2.98. The van der Waals surface area contributed by atoms with Gasteiger partial charge in [0.15, 0.2) is 11.6 Å². The molecule has 0 aromatic heterocycles. The number of ether oxygens (including phenoxy) is 1. The SMILES string of the molecule is COc1cc(NC(=O)CC2NC(=O)CN(Cc3ccccc3)C2=O)ccc1F. The molecule has 2 aromatic rings. The maximum Gasteiger partial charge on any atom is 0.246 e. The lowest BCUT2D eigenvalue weighted by Crippen LogP contribution is -2.58.